The number of rotatable bonds is 5. The lowest BCUT2D eigenvalue weighted by Crippen LogP contribution is -2.29. The van der Waals surface area contributed by atoms with Gasteiger partial charge in [-0.25, -0.2) is 14.6 Å². The fourth-order valence-electron chi connectivity index (χ4n) is 2.70. The molecule has 3 rings (SSSR count). The number of benzene rings is 1. The first-order valence-corrected chi connectivity index (χ1v) is 9.53. The molecule has 1 atom stereocenters. The quantitative estimate of drug-likeness (QED) is 0.587. The maximum absolute atomic E-state index is 12.9. The van der Waals surface area contributed by atoms with Gasteiger partial charge in [-0.2, -0.15) is 0 Å². The second-order valence-corrected chi connectivity index (χ2v) is 7.47. The van der Waals surface area contributed by atoms with Crippen LogP contribution in [0.25, 0.3) is 10.2 Å². The Morgan fingerprint density at radius 2 is 2.04 bits per heavy atom. The molecule has 0 saturated carbocycles. The van der Waals surface area contributed by atoms with E-state index in [1.165, 1.54) is 18.0 Å². The summed E-state index contributed by atoms with van der Waals surface area (Å²) in [7, 11) is 1.27. The predicted octanol–water partition coefficient (Wildman–Crippen LogP) is 3.51. The molecule has 0 aliphatic carbocycles. The van der Waals surface area contributed by atoms with Gasteiger partial charge in [-0.1, -0.05) is 29.8 Å². The van der Waals surface area contributed by atoms with Crippen LogP contribution in [0.3, 0.4) is 0 Å². The van der Waals surface area contributed by atoms with E-state index in [9.17, 15) is 14.4 Å². The molecule has 0 N–H and O–H groups in total. The molecule has 0 amide bonds. The summed E-state index contributed by atoms with van der Waals surface area (Å²) in [4.78, 5) is 42.1. The molecule has 0 saturated heterocycles. The van der Waals surface area contributed by atoms with Crippen molar-refractivity contribution in [3.63, 3.8) is 0 Å². The zero-order chi connectivity index (χ0) is 20.4. The molecule has 9 heteroatoms. The molecule has 0 bridgehead atoms. The van der Waals surface area contributed by atoms with E-state index in [1.807, 2.05) is 0 Å². The van der Waals surface area contributed by atoms with E-state index in [0.29, 0.717) is 31.2 Å². The van der Waals surface area contributed by atoms with E-state index >= 15 is 0 Å². The fourth-order valence-corrected chi connectivity index (χ4v) is 3.95. The van der Waals surface area contributed by atoms with Crippen LogP contribution in [0.15, 0.2) is 35.4 Å². The Kier molecular flexibility index (Phi) is 5.81. The third kappa shape index (κ3) is 3.65. The van der Waals surface area contributed by atoms with Gasteiger partial charge in [0.25, 0.3) is 5.56 Å². The van der Waals surface area contributed by atoms with Crippen molar-refractivity contribution in [3.05, 3.63) is 62.0 Å². The summed E-state index contributed by atoms with van der Waals surface area (Å²) >= 11 is 7.14. The minimum Gasteiger partial charge on any atom is -0.465 e. The number of aryl methyl sites for hydroxylation is 1. The molecular weight excluding hydrogens is 404 g/mol. The zero-order valence-electron chi connectivity index (χ0n) is 15.4. The molecule has 28 heavy (non-hydrogen) atoms. The standard InChI is InChI=1S/C19H17ClN2O5S/c1-10-14-16(28-15(10)19(25)26-3)21-9-22(17(14)23)11(2)18(24)27-8-12-6-4-5-7-13(12)20/h4-7,9,11H,8H2,1-3H3. The summed E-state index contributed by atoms with van der Waals surface area (Å²) in [6.45, 7) is 3.20. The van der Waals surface area contributed by atoms with Gasteiger partial charge in [0, 0.05) is 10.6 Å². The van der Waals surface area contributed by atoms with Crippen LogP contribution < -0.4 is 5.56 Å². The highest BCUT2D eigenvalue weighted by Gasteiger charge is 2.24. The number of fused-ring (bicyclic) bond motifs is 1. The summed E-state index contributed by atoms with van der Waals surface area (Å²) in [5, 5.41) is 0.783. The maximum atomic E-state index is 12.9. The highest BCUT2D eigenvalue weighted by Crippen LogP contribution is 2.27. The molecule has 2 heterocycles. The Labute approximate surface area is 169 Å². The van der Waals surface area contributed by atoms with E-state index in [0.717, 1.165) is 11.3 Å². The number of thiophene rings is 1. The van der Waals surface area contributed by atoms with Crippen molar-refractivity contribution < 1.29 is 19.1 Å². The van der Waals surface area contributed by atoms with Crippen LogP contribution in [-0.2, 0) is 20.9 Å². The number of carbonyl (C=O) groups excluding carboxylic acids is 2. The lowest BCUT2D eigenvalue weighted by atomic mass is 10.2. The normalized spacial score (nSPS) is 12.0. The Morgan fingerprint density at radius 1 is 1.32 bits per heavy atom. The molecule has 0 radical (unpaired) electrons. The van der Waals surface area contributed by atoms with Crippen molar-refractivity contribution in [2.45, 2.75) is 26.5 Å². The van der Waals surface area contributed by atoms with Crippen molar-refractivity contribution >= 4 is 45.1 Å². The topological polar surface area (TPSA) is 87.5 Å². The first kappa shape index (κ1) is 20.0. The monoisotopic (exact) mass is 420 g/mol. The molecule has 1 unspecified atom stereocenters. The average molecular weight is 421 g/mol. The fraction of sp³-hybridized carbons (Fsp3) is 0.263. The minimum absolute atomic E-state index is 0.00274. The number of hydrogen-bond acceptors (Lipinski definition) is 7. The number of hydrogen-bond donors (Lipinski definition) is 0. The van der Waals surface area contributed by atoms with E-state index < -0.39 is 23.5 Å². The Bertz CT molecular complexity index is 1120. The molecule has 0 spiro atoms. The van der Waals surface area contributed by atoms with Crippen LogP contribution >= 0.6 is 22.9 Å². The summed E-state index contributed by atoms with van der Waals surface area (Å²) in [6.07, 6.45) is 1.28. The second kappa shape index (κ2) is 8.12. The number of aromatic nitrogens is 2. The van der Waals surface area contributed by atoms with Crippen LogP contribution in [-0.4, -0.2) is 28.6 Å². The maximum Gasteiger partial charge on any atom is 0.348 e. The zero-order valence-corrected chi connectivity index (χ0v) is 17.0. The lowest BCUT2D eigenvalue weighted by Gasteiger charge is -2.14. The average Bonchev–Trinajstić information content (AvgIpc) is 3.03. The summed E-state index contributed by atoms with van der Waals surface area (Å²) < 4.78 is 11.2. The molecule has 3 aromatic rings. The molecular formula is C19H17ClN2O5S. The van der Waals surface area contributed by atoms with Crippen molar-refractivity contribution in [1.29, 1.82) is 0 Å². The number of methoxy groups -OCH3 is 1. The largest absolute Gasteiger partial charge is 0.465 e. The third-order valence-corrected chi connectivity index (χ3v) is 5.88. The molecule has 2 aromatic heterocycles. The number of carbonyl (C=O) groups is 2. The summed E-state index contributed by atoms with van der Waals surface area (Å²) in [5.41, 5.74) is 0.730. The van der Waals surface area contributed by atoms with E-state index in [-0.39, 0.29) is 6.61 Å². The van der Waals surface area contributed by atoms with Crippen molar-refractivity contribution in [1.82, 2.24) is 9.55 Å². The van der Waals surface area contributed by atoms with E-state index in [4.69, 9.17) is 21.1 Å². The van der Waals surface area contributed by atoms with Crippen LogP contribution in [0.5, 0.6) is 0 Å². The van der Waals surface area contributed by atoms with Gasteiger partial charge in [-0.05, 0) is 25.5 Å². The molecule has 0 aliphatic rings. The first-order valence-electron chi connectivity index (χ1n) is 8.33. The minimum atomic E-state index is -0.896. The van der Waals surface area contributed by atoms with Crippen LogP contribution in [0, 0.1) is 6.92 Å². The number of nitrogens with zero attached hydrogens (tertiary/aromatic N) is 2. The summed E-state index contributed by atoms with van der Waals surface area (Å²) in [5.74, 6) is -1.12. The lowest BCUT2D eigenvalue weighted by molar-refractivity contribution is -0.148. The Balaban J connectivity index is 1.88. The first-order chi connectivity index (χ1) is 13.3. The van der Waals surface area contributed by atoms with Crippen LogP contribution in [0.1, 0.15) is 33.8 Å². The highest BCUT2D eigenvalue weighted by molar-refractivity contribution is 7.20. The molecule has 7 nitrogen and oxygen atoms in total. The van der Waals surface area contributed by atoms with Gasteiger partial charge in [0.15, 0.2) is 0 Å². The van der Waals surface area contributed by atoms with E-state index in [1.54, 1.807) is 38.1 Å². The molecule has 0 fully saturated rings. The van der Waals surface area contributed by atoms with Crippen LogP contribution in [0.2, 0.25) is 5.02 Å². The van der Waals surface area contributed by atoms with Crippen LogP contribution in [0.4, 0.5) is 0 Å². The third-order valence-electron chi connectivity index (χ3n) is 4.33. The molecule has 1 aromatic carbocycles. The van der Waals surface area contributed by atoms with Gasteiger partial charge in [-0.3, -0.25) is 9.36 Å². The van der Waals surface area contributed by atoms with Gasteiger partial charge < -0.3 is 9.47 Å². The second-order valence-electron chi connectivity index (χ2n) is 6.06. The number of esters is 2. The molecule has 146 valence electrons. The number of ether oxygens (including phenoxy) is 2. The van der Waals surface area contributed by atoms with Gasteiger partial charge >= 0.3 is 11.9 Å². The van der Waals surface area contributed by atoms with Gasteiger partial charge in [-0.15, -0.1) is 11.3 Å². The highest BCUT2D eigenvalue weighted by atomic mass is 35.5. The van der Waals surface area contributed by atoms with Gasteiger partial charge in [0.2, 0.25) is 0 Å². The Hall–Kier alpha value is -2.71. The van der Waals surface area contributed by atoms with E-state index in [2.05, 4.69) is 4.98 Å². The predicted molar refractivity (Wildman–Crippen MR) is 106 cm³/mol. The SMILES string of the molecule is COC(=O)c1sc2ncn(C(C)C(=O)OCc3ccccc3Cl)c(=O)c2c1C. The molecule has 0 aliphatic heterocycles. The van der Waals surface area contributed by atoms with Crippen molar-refractivity contribution in [2.24, 2.45) is 0 Å². The Morgan fingerprint density at radius 3 is 2.71 bits per heavy atom. The van der Waals surface area contributed by atoms with Crippen molar-refractivity contribution in [2.75, 3.05) is 7.11 Å². The number of halogens is 1. The summed E-state index contributed by atoms with van der Waals surface area (Å²) in [6, 6.07) is 6.13. The van der Waals surface area contributed by atoms with Crippen molar-refractivity contribution in [3.8, 4) is 0 Å². The smallest absolute Gasteiger partial charge is 0.348 e. The van der Waals surface area contributed by atoms with Gasteiger partial charge in [0.05, 0.1) is 18.8 Å². The van der Waals surface area contributed by atoms with Gasteiger partial charge in [0.1, 0.15) is 22.4 Å².